The van der Waals surface area contributed by atoms with Crippen molar-refractivity contribution in [2.75, 3.05) is 20.3 Å². The summed E-state index contributed by atoms with van der Waals surface area (Å²) in [6, 6.07) is 14.2. The van der Waals surface area contributed by atoms with E-state index in [1.54, 1.807) is 19.2 Å². The number of nitro groups is 1. The number of nitrogens with zero attached hydrogens (tertiary/aromatic N) is 2. The van der Waals surface area contributed by atoms with Crippen LogP contribution in [0.1, 0.15) is 11.1 Å². The fourth-order valence-corrected chi connectivity index (χ4v) is 2.41. The molecule has 6 nitrogen and oxygen atoms in total. The van der Waals surface area contributed by atoms with Crippen LogP contribution in [-0.4, -0.2) is 35.2 Å². The van der Waals surface area contributed by atoms with Crippen molar-refractivity contribution >= 4 is 5.69 Å². The topological polar surface area (TPSA) is 75.8 Å². The number of hydrogen-bond donors (Lipinski definition) is 1. The normalized spacial score (nSPS) is 10.7. The molecule has 0 aliphatic carbocycles. The minimum Gasteiger partial charge on any atom is -0.496 e. The number of aliphatic hydroxyl groups excluding tert-OH is 1. The number of nitro benzene ring substituents is 1. The van der Waals surface area contributed by atoms with E-state index < -0.39 is 4.92 Å². The number of rotatable bonds is 8. The number of hydrogen-bond acceptors (Lipinski definition) is 5. The standard InChI is InChI=1S/C17H20N2O4/c1-23-17-5-3-2-4-15(17)13-18(10-11-20)12-14-6-8-16(9-7-14)19(21)22/h2-9,20H,10-13H2,1H3. The van der Waals surface area contributed by atoms with Gasteiger partial charge >= 0.3 is 0 Å². The van der Waals surface area contributed by atoms with E-state index in [2.05, 4.69) is 4.90 Å². The van der Waals surface area contributed by atoms with Gasteiger partial charge in [0.1, 0.15) is 5.75 Å². The molecule has 0 bridgehead atoms. The van der Waals surface area contributed by atoms with Crippen LogP contribution in [0.25, 0.3) is 0 Å². The molecular weight excluding hydrogens is 296 g/mol. The lowest BCUT2D eigenvalue weighted by Gasteiger charge is -2.22. The van der Waals surface area contributed by atoms with Gasteiger partial charge in [-0.15, -0.1) is 0 Å². The van der Waals surface area contributed by atoms with Crippen LogP contribution in [0.4, 0.5) is 5.69 Å². The zero-order valence-electron chi connectivity index (χ0n) is 13.0. The van der Waals surface area contributed by atoms with Gasteiger partial charge < -0.3 is 9.84 Å². The first-order valence-electron chi connectivity index (χ1n) is 7.32. The van der Waals surface area contributed by atoms with Gasteiger partial charge in [0, 0.05) is 37.3 Å². The molecular formula is C17H20N2O4. The molecule has 0 atom stereocenters. The maximum atomic E-state index is 10.7. The average molecular weight is 316 g/mol. The molecule has 0 amide bonds. The molecule has 0 aliphatic heterocycles. The first kappa shape index (κ1) is 16.9. The minimum absolute atomic E-state index is 0.0438. The van der Waals surface area contributed by atoms with Crippen LogP contribution in [0.2, 0.25) is 0 Å². The third-order valence-corrected chi connectivity index (χ3v) is 3.56. The van der Waals surface area contributed by atoms with Gasteiger partial charge in [0.15, 0.2) is 0 Å². The van der Waals surface area contributed by atoms with E-state index >= 15 is 0 Å². The lowest BCUT2D eigenvalue weighted by Crippen LogP contribution is -2.26. The summed E-state index contributed by atoms with van der Waals surface area (Å²) in [5, 5.41) is 20.0. The van der Waals surface area contributed by atoms with E-state index in [9.17, 15) is 15.2 Å². The van der Waals surface area contributed by atoms with Crippen molar-refractivity contribution in [2.24, 2.45) is 0 Å². The zero-order chi connectivity index (χ0) is 16.7. The molecule has 0 unspecified atom stereocenters. The molecule has 0 saturated carbocycles. The van der Waals surface area contributed by atoms with E-state index in [4.69, 9.17) is 4.74 Å². The molecule has 2 rings (SSSR count). The highest BCUT2D eigenvalue weighted by Gasteiger charge is 2.11. The highest BCUT2D eigenvalue weighted by Crippen LogP contribution is 2.20. The first-order chi connectivity index (χ1) is 11.1. The molecule has 0 aromatic heterocycles. The minimum atomic E-state index is -0.413. The van der Waals surface area contributed by atoms with Gasteiger partial charge in [0.2, 0.25) is 0 Å². The van der Waals surface area contributed by atoms with Crippen LogP contribution in [0, 0.1) is 10.1 Å². The van der Waals surface area contributed by atoms with Crippen molar-refractivity contribution in [1.82, 2.24) is 4.90 Å². The molecule has 0 heterocycles. The van der Waals surface area contributed by atoms with Crippen LogP contribution in [-0.2, 0) is 13.1 Å². The maximum Gasteiger partial charge on any atom is 0.269 e. The third-order valence-electron chi connectivity index (χ3n) is 3.56. The third kappa shape index (κ3) is 4.77. The van der Waals surface area contributed by atoms with Crippen LogP contribution in [0.3, 0.4) is 0 Å². The second-order valence-electron chi connectivity index (χ2n) is 5.17. The van der Waals surface area contributed by atoms with Gasteiger partial charge in [-0.3, -0.25) is 15.0 Å². The fraction of sp³-hybridized carbons (Fsp3) is 0.294. The van der Waals surface area contributed by atoms with Gasteiger partial charge in [0.05, 0.1) is 18.6 Å². The largest absolute Gasteiger partial charge is 0.496 e. The van der Waals surface area contributed by atoms with Crippen molar-refractivity contribution in [1.29, 1.82) is 0 Å². The highest BCUT2D eigenvalue weighted by molar-refractivity contribution is 5.34. The summed E-state index contributed by atoms with van der Waals surface area (Å²) in [5.41, 5.74) is 2.07. The molecule has 23 heavy (non-hydrogen) atoms. The summed E-state index contributed by atoms with van der Waals surface area (Å²) in [6.07, 6.45) is 0. The Kier molecular flexibility index (Phi) is 6.08. The first-order valence-corrected chi connectivity index (χ1v) is 7.32. The molecule has 6 heteroatoms. The van der Waals surface area contributed by atoms with Crippen molar-refractivity contribution in [2.45, 2.75) is 13.1 Å². The molecule has 0 spiro atoms. The molecule has 0 saturated heterocycles. The smallest absolute Gasteiger partial charge is 0.269 e. The zero-order valence-corrected chi connectivity index (χ0v) is 13.0. The summed E-state index contributed by atoms with van der Waals surface area (Å²) in [4.78, 5) is 12.4. The number of non-ortho nitro benzene ring substituents is 1. The molecule has 0 aliphatic rings. The Hall–Kier alpha value is -2.44. The van der Waals surface area contributed by atoms with Crippen molar-refractivity contribution in [3.8, 4) is 5.75 Å². The summed E-state index contributed by atoms with van der Waals surface area (Å²) in [5.74, 6) is 0.805. The van der Waals surface area contributed by atoms with Crippen molar-refractivity contribution in [3.05, 3.63) is 69.8 Å². The summed E-state index contributed by atoms with van der Waals surface area (Å²) in [6.45, 7) is 1.77. The Balaban J connectivity index is 2.10. The van der Waals surface area contributed by atoms with E-state index in [-0.39, 0.29) is 12.3 Å². The Bertz CT molecular complexity index is 643. The van der Waals surface area contributed by atoms with Gasteiger partial charge in [-0.25, -0.2) is 0 Å². The van der Waals surface area contributed by atoms with E-state index in [1.165, 1.54) is 12.1 Å². The van der Waals surface area contributed by atoms with E-state index in [0.717, 1.165) is 16.9 Å². The highest BCUT2D eigenvalue weighted by atomic mass is 16.6. The quantitative estimate of drug-likeness (QED) is 0.598. The van der Waals surface area contributed by atoms with Crippen LogP contribution in [0.15, 0.2) is 48.5 Å². The average Bonchev–Trinajstić information content (AvgIpc) is 2.56. The van der Waals surface area contributed by atoms with E-state index in [1.807, 2.05) is 24.3 Å². The number of ether oxygens (including phenoxy) is 1. The lowest BCUT2D eigenvalue weighted by molar-refractivity contribution is -0.384. The molecule has 0 fully saturated rings. The molecule has 122 valence electrons. The lowest BCUT2D eigenvalue weighted by atomic mass is 10.1. The van der Waals surface area contributed by atoms with E-state index in [0.29, 0.717) is 19.6 Å². The number of aliphatic hydroxyl groups is 1. The number of para-hydroxylation sites is 1. The molecule has 1 N–H and O–H groups in total. The van der Waals surface area contributed by atoms with Crippen molar-refractivity contribution < 1.29 is 14.8 Å². The SMILES string of the molecule is COc1ccccc1CN(CCO)Cc1ccc([N+](=O)[O-])cc1. The predicted octanol–water partition coefficient (Wildman–Crippen LogP) is 2.60. The fourth-order valence-electron chi connectivity index (χ4n) is 2.41. The number of methoxy groups -OCH3 is 1. The summed E-state index contributed by atoms with van der Waals surface area (Å²) >= 11 is 0. The van der Waals surface area contributed by atoms with Crippen LogP contribution >= 0.6 is 0 Å². The predicted molar refractivity (Wildman–Crippen MR) is 87.3 cm³/mol. The van der Waals surface area contributed by atoms with Gasteiger partial charge in [-0.05, 0) is 11.6 Å². The van der Waals surface area contributed by atoms with Gasteiger partial charge in [0.25, 0.3) is 5.69 Å². The molecule has 2 aromatic rings. The second kappa shape index (κ2) is 8.26. The monoisotopic (exact) mass is 316 g/mol. The number of benzene rings is 2. The Labute approximate surface area is 135 Å². The Morgan fingerprint density at radius 1 is 1.13 bits per heavy atom. The van der Waals surface area contributed by atoms with Gasteiger partial charge in [-0.1, -0.05) is 30.3 Å². The summed E-state index contributed by atoms with van der Waals surface area (Å²) in [7, 11) is 1.63. The molecule has 2 aromatic carbocycles. The molecule has 0 radical (unpaired) electrons. The Morgan fingerprint density at radius 2 is 1.83 bits per heavy atom. The van der Waals surface area contributed by atoms with Crippen LogP contribution in [0.5, 0.6) is 5.75 Å². The van der Waals surface area contributed by atoms with Crippen molar-refractivity contribution in [3.63, 3.8) is 0 Å². The summed E-state index contributed by atoms with van der Waals surface area (Å²) < 4.78 is 5.35. The Morgan fingerprint density at radius 3 is 2.43 bits per heavy atom. The van der Waals surface area contributed by atoms with Crippen LogP contribution < -0.4 is 4.74 Å². The maximum absolute atomic E-state index is 10.7. The second-order valence-corrected chi connectivity index (χ2v) is 5.17. The van der Waals surface area contributed by atoms with Gasteiger partial charge in [-0.2, -0.15) is 0 Å².